The Hall–Kier alpha value is -1.99. The van der Waals surface area contributed by atoms with Crippen molar-refractivity contribution in [2.45, 2.75) is 6.92 Å². The Morgan fingerprint density at radius 2 is 2.25 bits per heavy atom. The first-order valence-corrected chi connectivity index (χ1v) is 5.18. The van der Waals surface area contributed by atoms with Gasteiger partial charge in [0.15, 0.2) is 0 Å². The topological polar surface area (TPSA) is 52.5 Å². The van der Waals surface area contributed by atoms with Crippen molar-refractivity contribution >= 4 is 12.2 Å². The zero-order chi connectivity index (χ0) is 11.5. The Bertz CT molecular complexity index is 623. The van der Waals surface area contributed by atoms with Crippen molar-refractivity contribution in [1.29, 1.82) is 5.26 Å². The van der Waals surface area contributed by atoms with Gasteiger partial charge in [-0.3, -0.25) is 0 Å². The second-order valence-electron chi connectivity index (χ2n) is 3.40. The molecule has 0 aliphatic heterocycles. The smallest absolute Gasteiger partial charge is 0.132 e. The normalized spacial score (nSPS) is 9.75. The molecule has 1 heterocycles. The van der Waals surface area contributed by atoms with Crippen molar-refractivity contribution in [3.63, 3.8) is 0 Å². The zero-order valence-electron chi connectivity index (χ0n) is 8.69. The van der Waals surface area contributed by atoms with Gasteiger partial charge in [0.25, 0.3) is 0 Å². The number of H-pyrrole nitrogens is 1. The highest BCUT2D eigenvalue weighted by atomic mass is 32.1. The van der Waals surface area contributed by atoms with Crippen molar-refractivity contribution in [1.82, 2.24) is 9.97 Å². The van der Waals surface area contributed by atoms with E-state index in [1.807, 2.05) is 25.1 Å². The summed E-state index contributed by atoms with van der Waals surface area (Å²) in [7, 11) is 0. The van der Waals surface area contributed by atoms with Crippen LogP contribution in [0.15, 0.2) is 30.6 Å². The first kappa shape index (κ1) is 10.5. The van der Waals surface area contributed by atoms with Crippen LogP contribution in [0.4, 0.5) is 0 Å². The van der Waals surface area contributed by atoms with Gasteiger partial charge in [-0.05, 0) is 24.6 Å². The third kappa shape index (κ3) is 1.86. The van der Waals surface area contributed by atoms with Crippen LogP contribution in [0.1, 0.15) is 11.1 Å². The summed E-state index contributed by atoms with van der Waals surface area (Å²) >= 11 is 5.11. The van der Waals surface area contributed by atoms with Crippen LogP contribution in [0.2, 0.25) is 0 Å². The lowest BCUT2D eigenvalue weighted by Gasteiger charge is -2.05. The van der Waals surface area contributed by atoms with Crippen LogP contribution in [-0.2, 0) is 0 Å². The lowest BCUT2D eigenvalue weighted by molar-refractivity contribution is 1.12. The van der Waals surface area contributed by atoms with Gasteiger partial charge >= 0.3 is 0 Å². The number of hydrogen-bond donors (Lipinski definition) is 1. The summed E-state index contributed by atoms with van der Waals surface area (Å²) in [5.74, 6) is 0. The van der Waals surface area contributed by atoms with Crippen molar-refractivity contribution < 1.29 is 0 Å². The number of aromatic nitrogens is 2. The number of rotatable bonds is 1. The number of benzene rings is 1. The maximum Gasteiger partial charge on any atom is 0.132 e. The first-order valence-electron chi connectivity index (χ1n) is 4.77. The van der Waals surface area contributed by atoms with Crippen LogP contribution >= 0.6 is 12.2 Å². The average Bonchev–Trinajstić information content (AvgIpc) is 2.33. The van der Waals surface area contributed by atoms with Crippen LogP contribution in [-0.4, -0.2) is 9.97 Å². The van der Waals surface area contributed by atoms with Gasteiger partial charge < -0.3 is 4.98 Å². The molecule has 0 bridgehead atoms. The molecule has 16 heavy (non-hydrogen) atoms. The largest absolute Gasteiger partial charge is 0.346 e. The summed E-state index contributed by atoms with van der Waals surface area (Å²) in [6.07, 6.45) is 1.57. The minimum Gasteiger partial charge on any atom is -0.346 e. The molecule has 0 aliphatic rings. The van der Waals surface area contributed by atoms with Gasteiger partial charge in [-0.1, -0.05) is 24.4 Å². The molecule has 0 unspecified atom stereocenters. The highest BCUT2D eigenvalue weighted by molar-refractivity contribution is 7.71. The lowest BCUT2D eigenvalue weighted by Crippen LogP contribution is -1.91. The van der Waals surface area contributed by atoms with E-state index >= 15 is 0 Å². The van der Waals surface area contributed by atoms with Gasteiger partial charge in [-0.25, -0.2) is 4.98 Å². The quantitative estimate of drug-likeness (QED) is 0.762. The second-order valence-corrected chi connectivity index (χ2v) is 3.79. The molecule has 0 spiro atoms. The molecule has 0 aliphatic carbocycles. The molecular formula is C12H9N3S. The van der Waals surface area contributed by atoms with Gasteiger partial charge in [0, 0.05) is 5.56 Å². The summed E-state index contributed by atoms with van der Waals surface area (Å²) in [5.41, 5.74) is 3.42. The van der Waals surface area contributed by atoms with Crippen molar-refractivity contribution in [3.8, 4) is 17.3 Å². The average molecular weight is 227 g/mol. The molecule has 2 rings (SSSR count). The molecule has 1 aromatic heterocycles. The Morgan fingerprint density at radius 1 is 1.44 bits per heavy atom. The van der Waals surface area contributed by atoms with E-state index in [-0.39, 0.29) is 0 Å². The first-order chi connectivity index (χ1) is 7.72. The van der Waals surface area contributed by atoms with Gasteiger partial charge in [0.2, 0.25) is 0 Å². The monoisotopic (exact) mass is 227 g/mol. The maximum atomic E-state index is 8.84. The van der Waals surface area contributed by atoms with Gasteiger partial charge in [0.1, 0.15) is 4.64 Å². The van der Waals surface area contributed by atoms with Gasteiger partial charge in [0.05, 0.1) is 23.7 Å². The van der Waals surface area contributed by atoms with E-state index in [1.54, 1.807) is 12.4 Å². The Morgan fingerprint density at radius 3 is 3.00 bits per heavy atom. The molecule has 1 N–H and O–H groups in total. The SMILES string of the molecule is Cc1c(-c2cccc(C#N)c2)[nH]cnc1=S. The summed E-state index contributed by atoms with van der Waals surface area (Å²) in [5, 5.41) is 8.84. The lowest BCUT2D eigenvalue weighted by atomic mass is 10.1. The molecule has 4 heteroatoms. The molecule has 0 amide bonds. The number of nitrogens with zero attached hydrogens (tertiary/aromatic N) is 2. The van der Waals surface area contributed by atoms with Crippen LogP contribution in [0, 0.1) is 22.9 Å². The predicted octanol–water partition coefficient (Wildman–Crippen LogP) is 2.99. The Balaban J connectivity index is 2.64. The minimum absolute atomic E-state index is 0.580. The fraction of sp³-hybridized carbons (Fsp3) is 0.0833. The van der Waals surface area contributed by atoms with E-state index in [0.717, 1.165) is 16.8 Å². The van der Waals surface area contributed by atoms with E-state index in [1.165, 1.54) is 0 Å². The van der Waals surface area contributed by atoms with Crippen LogP contribution in [0.5, 0.6) is 0 Å². The van der Waals surface area contributed by atoms with Gasteiger partial charge in [-0.15, -0.1) is 0 Å². The van der Waals surface area contributed by atoms with Gasteiger partial charge in [-0.2, -0.15) is 5.26 Å². The molecule has 0 saturated carbocycles. The molecule has 78 valence electrons. The summed E-state index contributed by atoms with van der Waals surface area (Å²) in [6, 6.07) is 9.51. The van der Waals surface area contributed by atoms with E-state index in [2.05, 4.69) is 16.0 Å². The molecule has 0 radical (unpaired) electrons. The fourth-order valence-electron chi connectivity index (χ4n) is 1.51. The molecular weight excluding hydrogens is 218 g/mol. The highest BCUT2D eigenvalue weighted by Crippen LogP contribution is 2.21. The second kappa shape index (κ2) is 4.25. The number of nitriles is 1. The molecule has 3 nitrogen and oxygen atoms in total. The van der Waals surface area contributed by atoms with Crippen molar-refractivity contribution in [2.75, 3.05) is 0 Å². The van der Waals surface area contributed by atoms with Crippen molar-refractivity contribution in [3.05, 3.63) is 46.4 Å². The molecule has 0 saturated heterocycles. The fourth-order valence-corrected chi connectivity index (χ4v) is 1.67. The number of nitrogens with one attached hydrogen (secondary N) is 1. The van der Waals surface area contributed by atoms with Crippen LogP contribution < -0.4 is 0 Å². The minimum atomic E-state index is 0.580. The number of hydrogen-bond acceptors (Lipinski definition) is 3. The van der Waals surface area contributed by atoms with E-state index in [9.17, 15) is 0 Å². The highest BCUT2D eigenvalue weighted by Gasteiger charge is 2.04. The summed E-state index contributed by atoms with van der Waals surface area (Å²) < 4.78 is 0.580. The maximum absolute atomic E-state index is 8.84. The van der Waals surface area contributed by atoms with Crippen LogP contribution in [0.25, 0.3) is 11.3 Å². The summed E-state index contributed by atoms with van der Waals surface area (Å²) in [4.78, 5) is 7.06. The van der Waals surface area contributed by atoms with E-state index in [4.69, 9.17) is 17.5 Å². The standard InChI is InChI=1S/C12H9N3S/c1-8-11(14-7-15-12(8)16)10-4-2-3-9(5-10)6-13/h2-5,7H,1H3,(H,14,15,16). The van der Waals surface area contributed by atoms with Crippen LogP contribution in [0.3, 0.4) is 0 Å². The molecule has 1 aromatic carbocycles. The summed E-state index contributed by atoms with van der Waals surface area (Å²) in [6.45, 7) is 1.92. The van der Waals surface area contributed by atoms with E-state index < -0.39 is 0 Å². The third-order valence-corrected chi connectivity index (χ3v) is 2.78. The predicted molar refractivity (Wildman–Crippen MR) is 64.3 cm³/mol. The van der Waals surface area contributed by atoms with Crippen molar-refractivity contribution in [2.24, 2.45) is 0 Å². The van der Waals surface area contributed by atoms with E-state index in [0.29, 0.717) is 10.2 Å². The zero-order valence-corrected chi connectivity index (χ0v) is 9.51. The Kier molecular flexibility index (Phi) is 2.80. The third-order valence-electron chi connectivity index (χ3n) is 2.37. The molecule has 2 aromatic rings. The number of aromatic amines is 1. The molecule has 0 fully saturated rings. The molecule has 0 atom stereocenters. The Labute approximate surface area is 98.4 Å².